The normalized spacial score (nSPS) is 14.7. The van der Waals surface area contributed by atoms with Crippen molar-refractivity contribution in [2.45, 2.75) is 85.8 Å². The molecular weight excluding hydrogens is 454 g/mol. The molecule has 196 valence electrons. The zero-order valence-corrected chi connectivity index (χ0v) is 21.7. The number of ether oxygens (including phenoxy) is 3. The van der Waals surface area contributed by atoms with Crippen LogP contribution in [0.3, 0.4) is 0 Å². The van der Waals surface area contributed by atoms with E-state index in [-0.39, 0.29) is 42.6 Å². The molecule has 0 spiro atoms. The summed E-state index contributed by atoms with van der Waals surface area (Å²) < 4.78 is 16.4. The molecule has 0 fully saturated rings. The topological polar surface area (TPSA) is 142 Å². The molecule has 0 radical (unpaired) electrons. The number of hydrogen-bond acceptors (Lipinski definition) is 8. The molecule has 3 N–H and O–H groups in total. The second kappa shape index (κ2) is 13.8. The predicted molar refractivity (Wildman–Crippen MR) is 130 cm³/mol. The second-order valence-corrected chi connectivity index (χ2v) is 9.65. The molecule has 3 unspecified atom stereocenters. The number of esters is 3. The first-order chi connectivity index (χ1) is 16.3. The van der Waals surface area contributed by atoms with Crippen LogP contribution in [-0.2, 0) is 23.9 Å². The van der Waals surface area contributed by atoms with Gasteiger partial charge in [0.15, 0.2) is 11.5 Å². The van der Waals surface area contributed by atoms with Crippen molar-refractivity contribution in [3.63, 3.8) is 0 Å². The molecule has 0 aliphatic heterocycles. The van der Waals surface area contributed by atoms with Gasteiger partial charge in [-0.05, 0) is 36.5 Å². The maximum Gasteiger partial charge on any atom is 0.321 e. The summed E-state index contributed by atoms with van der Waals surface area (Å²) in [5, 5.41) is 9.66. The number of nitrogens with two attached hydrogens (primary N) is 1. The molecule has 0 aliphatic rings. The average Bonchev–Trinajstić information content (AvgIpc) is 2.73. The number of carbonyl (C=O) groups excluding carboxylic acids is 3. The number of carbonyl (C=O) groups is 4. The minimum absolute atomic E-state index is 0.00162. The van der Waals surface area contributed by atoms with Crippen LogP contribution in [-0.4, -0.2) is 41.1 Å². The summed E-state index contributed by atoms with van der Waals surface area (Å²) in [5.41, 5.74) is 6.50. The summed E-state index contributed by atoms with van der Waals surface area (Å²) in [7, 11) is 0. The van der Waals surface area contributed by atoms with Crippen LogP contribution in [0.5, 0.6) is 11.5 Å². The van der Waals surface area contributed by atoms with E-state index in [1.807, 2.05) is 27.7 Å². The van der Waals surface area contributed by atoms with E-state index in [4.69, 9.17) is 19.9 Å². The highest BCUT2D eigenvalue weighted by molar-refractivity contribution is 5.77. The van der Waals surface area contributed by atoms with E-state index >= 15 is 0 Å². The molecule has 35 heavy (non-hydrogen) atoms. The van der Waals surface area contributed by atoms with E-state index in [1.54, 1.807) is 26.8 Å². The summed E-state index contributed by atoms with van der Waals surface area (Å²) in [4.78, 5) is 48.3. The third-order valence-electron chi connectivity index (χ3n) is 5.54. The van der Waals surface area contributed by atoms with Crippen LogP contribution in [0.1, 0.15) is 79.2 Å². The molecule has 9 nitrogen and oxygen atoms in total. The Kier molecular flexibility index (Phi) is 11.9. The van der Waals surface area contributed by atoms with E-state index in [1.165, 1.54) is 12.1 Å². The molecule has 0 aromatic heterocycles. The second-order valence-electron chi connectivity index (χ2n) is 9.65. The van der Waals surface area contributed by atoms with Crippen molar-refractivity contribution in [2.24, 2.45) is 23.5 Å². The fourth-order valence-corrected chi connectivity index (χ4v) is 3.57. The largest absolute Gasteiger partial charge is 0.480 e. The van der Waals surface area contributed by atoms with Gasteiger partial charge in [0.25, 0.3) is 0 Å². The molecule has 0 amide bonds. The van der Waals surface area contributed by atoms with Gasteiger partial charge in [-0.3, -0.25) is 19.2 Å². The molecule has 0 bridgehead atoms. The van der Waals surface area contributed by atoms with Crippen molar-refractivity contribution in [2.75, 3.05) is 0 Å². The SMILES string of the molecule is CCC(=O)OC(C)C(C)C(c1ccc(OC(=O)CC(C)C)c(OC(=O)CC(C)C)c1)[C@H](N)C(=O)O. The molecule has 0 saturated heterocycles. The molecule has 0 saturated carbocycles. The first-order valence-electron chi connectivity index (χ1n) is 12.0. The van der Waals surface area contributed by atoms with Crippen molar-refractivity contribution in [3.05, 3.63) is 23.8 Å². The van der Waals surface area contributed by atoms with Gasteiger partial charge in [0.1, 0.15) is 12.1 Å². The maximum absolute atomic E-state index is 12.4. The van der Waals surface area contributed by atoms with E-state index in [2.05, 4.69) is 0 Å². The van der Waals surface area contributed by atoms with Crippen molar-refractivity contribution < 1.29 is 38.5 Å². The minimum atomic E-state index is -1.33. The van der Waals surface area contributed by atoms with Gasteiger partial charge in [-0.1, -0.05) is 47.6 Å². The van der Waals surface area contributed by atoms with Crippen molar-refractivity contribution in [1.29, 1.82) is 0 Å². The first kappa shape index (κ1) is 30.1. The van der Waals surface area contributed by atoms with Gasteiger partial charge < -0.3 is 25.1 Å². The molecule has 0 aliphatic carbocycles. The minimum Gasteiger partial charge on any atom is -0.480 e. The summed E-state index contributed by atoms with van der Waals surface area (Å²) in [5.74, 6) is -3.78. The Balaban J connectivity index is 3.46. The highest BCUT2D eigenvalue weighted by Gasteiger charge is 2.35. The zero-order valence-electron chi connectivity index (χ0n) is 21.7. The van der Waals surface area contributed by atoms with Gasteiger partial charge in [0.05, 0.1) is 0 Å². The fourth-order valence-electron chi connectivity index (χ4n) is 3.57. The van der Waals surface area contributed by atoms with Crippen LogP contribution in [0, 0.1) is 17.8 Å². The van der Waals surface area contributed by atoms with Gasteiger partial charge in [0, 0.05) is 31.1 Å². The Bertz CT molecular complexity index is 895. The van der Waals surface area contributed by atoms with Crippen molar-refractivity contribution in [3.8, 4) is 11.5 Å². The Morgan fingerprint density at radius 3 is 1.83 bits per heavy atom. The predicted octanol–water partition coefficient (Wildman–Crippen LogP) is 4.06. The monoisotopic (exact) mass is 493 g/mol. The first-order valence-corrected chi connectivity index (χ1v) is 12.0. The van der Waals surface area contributed by atoms with Gasteiger partial charge >= 0.3 is 23.9 Å². The number of benzene rings is 1. The average molecular weight is 494 g/mol. The lowest BCUT2D eigenvalue weighted by molar-refractivity contribution is -0.151. The third-order valence-corrected chi connectivity index (χ3v) is 5.54. The number of carboxylic acids is 1. The number of carboxylic acid groups (broad SMARTS) is 1. The number of rotatable bonds is 13. The Hall–Kier alpha value is -2.94. The molecule has 1 aromatic rings. The Labute approximate surface area is 207 Å². The number of hydrogen-bond donors (Lipinski definition) is 2. The van der Waals surface area contributed by atoms with E-state index in [0.29, 0.717) is 5.56 Å². The molecule has 1 aromatic carbocycles. The van der Waals surface area contributed by atoms with E-state index < -0.39 is 47.9 Å². The van der Waals surface area contributed by atoms with Gasteiger partial charge in [-0.15, -0.1) is 0 Å². The summed E-state index contributed by atoms with van der Waals surface area (Å²) >= 11 is 0. The fraction of sp³-hybridized carbons (Fsp3) is 0.615. The highest BCUT2D eigenvalue weighted by Crippen LogP contribution is 2.37. The van der Waals surface area contributed by atoms with Crippen molar-refractivity contribution in [1.82, 2.24) is 0 Å². The lowest BCUT2D eigenvalue weighted by Crippen LogP contribution is -2.42. The zero-order chi connectivity index (χ0) is 26.9. The van der Waals surface area contributed by atoms with Gasteiger partial charge in [-0.2, -0.15) is 0 Å². The van der Waals surface area contributed by atoms with Crippen LogP contribution in [0.25, 0.3) is 0 Å². The molecule has 1 rings (SSSR count). The quantitative estimate of drug-likeness (QED) is 0.307. The maximum atomic E-state index is 12.4. The molecule has 9 heteroatoms. The van der Waals surface area contributed by atoms with E-state index in [9.17, 15) is 24.3 Å². The Morgan fingerprint density at radius 2 is 1.37 bits per heavy atom. The lowest BCUT2D eigenvalue weighted by atomic mass is 9.79. The lowest BCUT2D eigenvalue weighted by Gasteiger charge is -2.31. The van der Waals surface area contributed by atoms with Crippen LogP contribution >= 0.6 is 0 Å². The third kappa shape index (κ3) is 9.68. The van der Waals surface area contributed by atoms with E-state index in [0.717, 1.165) is 0 Å². The van der Waals surface area contributed by atoms with Gasteiger partial charge in [-0.25, -0.2) is 0 Å². The van der Waals surface area contributed by atoms with Crippen LogP contribution in [0.15, 0.2) is 18.2 Å². The molecule has 4 atom stereocenters. The summed E-state index contributed by atoms with van der Waals surface area (Å²) in [6.45, 7) is 12.6. The standard InChI is InChI=1S/C26H39NO8/c1-8-21(28)33-17(7)16(6)24(25(27)26(31)32)18-9-10-19(34-22(29)11-14(2)3)20(13-18)35-23(30)12-15(4)5/h9-10,13-17,24-25H,8,11-12,27H2,1-7H3,(H,31,32)/t16?,17?,24?,25-/m0/s1. The van der Waals surface area contributed by atoms with Gasteiger partial charge in [0.2, 0.25) is 0 Å². The molecule has 0 heterocycles. The van der Waals surface area contributed by atoms with Crippen LogP contribution in [0.2, 0.25) is 0 Å². The molecular formula is C26H39NO8. The van der Waals surface area contributed by atoms with Crippen LogP contribution in [0.4, 0.5) is 0 Å². The Morgan fingerprint density at radius 1 is 0.857 bits per heavy atom. The summed E-state index contributed by atoms with van der Waals surface area (Å²) in [6, 6.07) is 3.18. The smallest absolute Gasteiger partial charge is 0.321 e. The highest BCUT2D eigenvalue weighted by atomic mass is 16.6. The summed E-state index contributed by atoms with van der Waals surface area (Å²) in [6.07, 6.45) is -0.139. The van der Waals surface area contributed by atoms with Crippen molar-refractivity contribution >= 4 is 23.9 Å². The number of aliphatic carboxylic acids is 1. The van der Waals surface area contributed by atoms with Crippen LogP contribution < -0.4 is 15.2 Å².